The van der Waals surface area contributed by atoms with Gasteiger partial charge in [0.2, 0.25) is 10.0 Å². The second-order valence-electron chi connectivity index (χ2n) is 7.25. The Morgan fingerprint density at radius 1 is 1.16 bits per heavy atom. The largest absolute Gasteiger partial charge is 0.449 e. The van der Waals surface area contributed by atoms with Crippen molar-refractivity contribution in [2.45, 2.75) is 24.5 Å². The van der Waals surface area contributed by atoms with E-state index in [4.69, 9.17) is 16.3 Å². The molecule has 3 rings (SSSR count). The maximum atomic E-state index is 12.7. The molecule has 0 saturated carbocycles. The third kappa shape index (κ3) is 5.09. The number of para-hydroxylation sites is 1. The number of amides is 1. The van der Waals surface area contributed by atoms with Gasteiger partial charge in [0, 0.05) is 21.1 Å². The van der Waals surface area contributed by atoms with Gasteiger partial charge in [0.15, 0.2) is 6.10 Å². The molecule has 0 bridgehead atoms. The van der Waals surface area contributed by atoms with Crippen LogP contribution in [0.15, 0.2) is 47.4 Å². The molecule has 8 nitrogen and oxygen atoms in total. The van der Waals surface area contributed by atoms with Crippen LogP contribution in [0, 0.1) is 0 Å². The smallest absolute Gasteiger partial charge is 0.338 e. The number of rotatable bonds is 7. The Labute approximate surface area is 195 Å². The van der Waals surface area contributed by atoms with Gasteiger partial charge in [0.1, 0.15) is 9.90 Å². The van der Waals surface area contributed by atoms with Gasteiger partial charge in [-0.05, 0) is 37.3 Å². The van der Waals surface area contributed by atoms with Crippen molar-refractivity contribution in [1.29, 1.82) is 0 Å². The van der Waals surface area contributed by atoms with Crippen molar-refractivity contribution < 1.29 is 22.7 Å². The molecule has 0 aliphatic heterocycles. The van der Waals surface area contributed by atoms with Gasteiger partial charge < -0.3 is 9.64 Å². The standard InChI is InChI=1S/C21H22ClN3O5S2/c1-13(20(26)25(4)12-19-23-16-7-5-6-8-17(16)31-19)30-21(27)14-9-10-15(22)18(11-14)32(28,29)24(2)3/h5-11,13H,12H2,1-4H3. The number of sulfonamides is 1. The van der Waals surface area contributed by atoms with E-state index in [0.717, 1.165) is 25.6 Å². The van der Waals surface area contributed by atoms with Crippen LogP contribution in [0.3, 0.4) is 0 Å². The van der Waals surface area contributed by atoms with E-state index in [1.165, 1.54) is 49.4 Å². The second kappa shape index (κ2) is 9.53. The topological polar surface area (TPSA) is 96.9 Å². The Hall–Kier alpha value is -2.53. The molecule has 0 fully saturated rings. The monoisotopic (exact) mass is 495 g/mol. The van der Waals surface area contributed by atoms with E-state index >= 15 is 0 Å². The number of carbonyl (C=O) groups excluding carboxylic acids is 2. The maximum absolute atomic E-state index is 12.7. The summed E-state index contributed by atoms with van der Waals surface area (Å²) < 4.78 is 32.1. The van der Waals surface area contributed by atoms with Crippen molar-refractivity contribution in [3.05, 3.63) is 58.1 Å². The van der Waals surface area contributed by atoms with Gasteiger partial charge >= 0.3 is 5.97 Å². The summed E-state index contributed by atoms with van der Waals surface area (Å²) in [4.78, 5) is 31.0. The zero-order chi connectivity index (χ0) is 23.6. The molecular formula is C21H22ClN3O5S2. The highest BCUT2D eigenvalue weighted by atomic mass is 35.5. The summed E-state index contributed by atoms with van der Waals surface area (Å²) in [6.45, 7) is 1.73. The van der Waals surface area contributed by atoms with E-state index in [-0.39, 0.29) is 22.0 Å². The molecule has 0 saturated heterocycles. The van der Waals surface area contributed by atoms with Crippen LogP contribution in [0.2, 0.25) is 5.02 Å². The molecule has 170 valence electrons. The second-order valence-corrected chi connectivity index (χ2v) is 10.9. The molecule has 2 aromatic carbocycles. The van der Waals surface area contributed by atoms with Gasteiger partial charge in [-0.2, -0.15) is 0 Å². The first-order chi connectivity index (χ1) is 15.0. The van der Waals surface area contributed by atoms with Crippen molar-refractivity contribution in [2.24, 2.45) is 0 Å². The fourth-order valence-corrected chi connectivity index (χ4v) is 5.30. The average Bonchev–Trinajstić information content (AvgIpc) is 3.15. The quantitative estimate of drug-likeness (QED) is 0.466. The minimum atomic E-state index is -3.85. The lowest BCUT2D eigenvalue weighted by atomic mass is 10.2. The maximum Gasteiger partial charge on any atom is 0.338 e. The number of esters is 1. The fraction of sp³-hybridized carbons (Fsp3) is 0.286. The number of carbonyl (C=O) groups is 2. The summed E-state index contributed by atoms with van der Waals surface area (Å²) in [5, 5.41) is 0.742. The number of thiazole rings is 1. The molecule has 1 heterocycles. The van der Waals surface area contributed by atoms with Crippen LogP contribution < -0.4 is 0 Å². The van der Waals surface area contributed by atoms with E-state index in [2.05, 4.69) is 4.98 Å². The number of fused-ring (bicyclic) bond motifs is 1. The summed E-state index contributed by atoms with van der Waals surface area (Å²) in [7, 11) is 0.465. The van der Waals surface area contributed by atoms with Crippen molar-refractivity contribution in [3.8, 4) is 0 Å². The predicted octanol–water partition coefficient (Wildman–Crippen LogP) is 3.40. The van der Waals surface area contributed by atoms with Crippen molar-refractivity contribution in [3.63, 3.8) is 0 Å². The molecule has 1 unspecified atom stereocenters. The van der Waals surface area contributed by atoms with Gasteiger partial charge in [-0.3, -0.25) is 4.79 Å². The predicted molar refractivity (Wildman–Crippen MR) is 123 cm³/mol. The molecule has 11 heteroatoms. The van der Waals surface area contributed by atoms with Crippen molar-refractivity contribution >= 4 is 55.1 Å². The summed E-state index contributed by atoms with van der Waals surface area (Å²) in [6.07, 6.45) is -1.08. The molecule has 1 amide bonds. The van der Waals surface area contributed by atoms with Gasteiger partial charge in [-0.15, -0.1) is 11.3 Å². The zero-order valence-electron chi connectivity index (χ0n) is 17.9. The molecule has 32 heavy (non-hydrogen) atoms. The first-order valence-corrected chi connectivity index (χ1v) is 12.2. The molecule has 1 aromatic heterocycles. The lowest BCUT2D eigenvalue weighted by Crippen LogP contribution is -2.37. The van der Waals surface area contributed by atoms with Crippen LogP contribution in [-0.4, -0.2) is 61.7 Å². The van der Waals surface area contributed by atoms with Gasteiger partial charge in [0.05, 0.1) is 27.3 Å². The lowest BCUT2D eigenvalue weighted by molar-refractivity contribution is -0.139. The SMILES string of the molecule is CC(OC(=O)c1ccc(Cl)c(S(=O)(=O)N(C)C)c1)C(=O)N(C)Cc1nc2ccccc2s1. The Kier molecular flexibility index (Phi) is 7.19. The van der Waals surface area contributed by atoms with Crippen LogP contribution in [0.5, 0.6) is 0 Å². The summed E-state index contributed by atoms with van der Waals surface area (Å²) >= 11 is 7.50. The summed E-state index contributed by atoms with van der Waals surface area (Å²) in [6, 6.07) is 11.5. The first kappa shape index (κ1) is 24.1. The molecule has 1 atom stereocenters. The average molecular weight is 496 g/mol. The van der Waals surface area contributed by atoms with Gasteiger partial charge in [-0.25, -0.2) is 22.5 Å². The normalized spacial score (nSPS) is 12.7. The van der Waals surface area contributed by atoms with Crippen LogP contribution in [0.1, 0.15) is 22.3 Å². The number of aromatic nitrogens is 1. The first-order valence-electron chi connectivity index (χ1n) is 9.53. The highest BCUT2D eigenvalue weighted by Crippen LogP contribution is 2.26. The minimum absolute atomic E-state index is 0.0186. The number of hydrogen-bond donors (Lipinski definition) is 0. The van der Waals surface area contributed by atoms with E-state index in [1.807, 2.05) is 24.3 Å². The van der Waals surface area contributed by atoms with E-state index in [9.17, 15) is 18.0 Å². The molecule has 0 spiro atoms. The van der Waals surface area contributed by atoms with Crippen molar-refractivity contribution in [2.75, 3.05) is 21.1 Å². The number of hydrogen-bond acceptors (Lipinski definition) is 7. The third-order valence-electron chi connectivity index (χ3n) is 4.64. The molecule has 0 aliphatic carbocycles. The number of ether oxygens (including phenoxy) is 1. The Balaban J connectivity index is 1.70. The Morgan fingerprint density at radius 3 is 2.50 bits per heavy atom. The Bertz CT molecular complexity index is 1240. The number of benzene rings is 2. The molecule has 0 aliphatic rings. The molecule has 0 radical (unpaired) electrons. The highest BCUT2D eigenvalue weighted by Gasteiger charge is 2.26. The third-order valence-corrected chi connectivity index (χ3v) is 7.96. The number of nitrogens with zero attached hydrogens (tertiary/aromatic N) is 3. The van der Waals surface area contributed by atoms with Crippen molar-refractivity contribution in [1.82, 2.24) is 14.2 Å². The summed E-state index contributed by atoms with van der Waals surface area (Å²) in [5.74, 6) is -1.24. The van der Waals surface area contributed by atoms with Crippen LogP contribution in [-0.2, 0) is 26.1 Å². The molecular weight excluding hydrogens is 474 g/mol. The Morgan fingerprint density at radius 2 is 1.84 bits per heavy atom. The van der Waals surface area contributed by atoms with Crippen LogP contribution in [0.4, 0.5) is 0 Å². The minimum Gasteiger partial charge on any atom is -0.449 e. The lowest BCUT2D eigenvalue weighted by Gasteiger charge is -2.20. The number of halogens is 1. The van der Waals surface area contributed by atoms with Crippen LogP contribution >= 0.6 is 22.9 Å². The highest BCUT2D eigenvalue weighted by molar-refractivity contribution is 7.89. The fourth-order valence-electron chi connectivity index (χ4n) is 2.88. The number of likely N-dealkylation sites (N-methyl/N-ethyl adjacent to an activating group) is 1. The van der Waals surface area contributed by atoms with E-state index in [0.29, 0.717) is 0 Å². The van der Waals surface area contributed by atoms with Gasteiger partial charge in [-0.1, -0.05) is 23.7 Å². The summed E-state index contributed by atoms with van der Waals surface area (Å²) in [5.41, 5.74) is 0.836. The van der Waals surface area contributed by atoms with E-state index < -0.39 is 28.0 Å². The molecule has 0 N–H and O–H groups in total. The van der Waals surface area contributed by atoms with Crippen LogP contribution in [0.25, 0.3) is 10.2 Å². The van der Waals surface area contributed by atoms with E-state index in [1.54, 1.807) is 7.05 Å². The van der Waals surface area contributed by atoms with Gasteiger partial charge in [0.25, 0.3) is 5.91 Å². The molecule has 3 aromatic rings. The zero-order valence-corrected chi connectivity index (χ0v) is 20.3.